The van der Waals surface area contributed by atoms with Crippen molar-refractivity contribution < 1.29 is 0 Å². The number of nitrogens with zero attached hydrogens (tertiary/aromatic N) is 3. The van der Waals surface area contributed by atoms with E-state index in [1.54, 1.807) is 0 Å². The van der Waals surface area contributed by atoms with Crippen molar-refractivity contribution in [1.29, 1.82) is 0 Å². The van der Waals surface area contributed by atoms with E-state index in [-0.39, 0.29) is 0 Å². The highest BCUT2D eigenvalue weighted by Gasteiger charge is 2.11. The molecule has 0 unspecified atom stereocenters. The van der Waals surface area contributed by atoms with Crippen LogP contribution in [0.4, 0.5) is 5.69 Å². The highest BCUT2D eigenvalue weighted by Crippen LogP contribution is 2.26. The first-order chi connectivity index (χ1) is 13.4. The maximum atomic E-state index is 4.95. The fraction of sp³-hybridized carbons (Fsp3) is 0.280. The van der Waals surface area contributed by atoms with Crippen LogP contribution in [-0.2, 0) is 13.6 Å². The molecule has 0 amide bonds. The molecule has 0 spiro atoms. The van der Waals surface area contributed by atoms with Crippen molar-refractivity contribution in [3.8, 4) is 0 Å². The maximum Gasteiger partial charge on any atom is 0.0692 e. The van der Waals surface area contributed by atoms with Crippen LogP contribution in [0.2, 0.25) is 0 Å². The fourth-order valence-electron chi connectivity index (χ4n) is 3.69. The van der Waals surface area contributed by atoms with Crippen LogP contribution in [0, 0.1) is 20.8 Å². The minimum absolute atomic E-state index is 0.696. The summed E-state index contributed by atoms with van der Waals surface area (Å²) >= 11 is 0. The predicted octanol–water partition coefficient (Wildman–Crippen LogP) is 6.10. The minimum atomic E-state index is 0.696. The molecule has 3 heteroatoms. The SMILES string of the molecule is CC(=NCc1ccccc1)c1ccc(C(C)=Nc2c(C)cc(C)cc2C)n1C. The Morgan fingerprint density at radius 3 is 2.00 bits per heavy atom. The third-order valence-corrected chi connectivity index (χ3v) is 5.12. The van der Waals surface area contributed by atoms with Crippen molar-refractivity contribution in [2.45, 2.75) is 41.2 Å². The third-order valence-electron chi connectivity index (χ3n) is 5.12. The van der Waals surface area contributed by atoms with Crippen LogP contribution in [0.1, 0.15) is 47.5 Å². The summed E-state index contributed by atoms with van der Waals surface area (Å²) in [5, 5.41) is 0. The Morgan fingerprint density at radius 2 is 1.39 bits per heavy atom. The molecule has 0 saturated carbocycles. The monoisotopic (exact) mass is 371 g/mol. The van der Waals surface area contributed by atoms with E-state index in [2.05, 4.69) is 94.8 Å². The highest BCUT2D eigenvalue weighted by molar-refractivity contribution is 6.03. The summed E-state index contributed by atoms with van der Waals surface area (Å²) in [5.74, 6) is 0. The Balaban J connectivity index is 1.88. The molecule has 0 radical (unpaired) electrons. The topological polar surface area (TPSA) is 29.6 Å². The second-order valence-corrected chi connectivity index (χ2v) is 7.49. The number of aromatic nitrogens is 1. The van der Waals surface area contributed by atoms with Crippen LogP contribution in [0.15, 0.2) is 64.6 Å². The van der Waals surface area contributed by atoms with E-state index >= 15 is 0 Å². The van der Waals surface area contributed by atoms with E-state index in [1.165, 1.54) is 22.3 Å². The Labute approximate surface area is 168 Å². The zero-order valence-corrected chi connectivity index (χ0v) is 17.7. The van der Waals surface area contributed by atoms with E-state index in [0.717, 1.165) is 28.5 Å². The first-order valence-corrected chi connectivity index (χ1v) is 9.71. The maximum absolute atomic E-state index is 4.95. The zero-order valence-electron chi connectivity index (χ0n) is 17.7. The van der Waals surface area contributed by atoms with Crippen molar-refractivity contribution in [3.05, 3.63) is 88.2 Å². The summed E-state index contributed by atoms with van der Waals surface area (Å²) in [6.45, 7) is 11.2. The second-order valence-electron chi connectivity index (χ2n) is 7.49. The molecule has 3 rings (SSSR count). The molecule has 0 aliphatic heterocycles. The van der Waals surface area contributed by atoms with Crippen LogP contribution < -0.4 is 0 Å². The van der Waals surface area contributed by atoms with Gasteiger partial charge in [0.2, 0.25) is 0 Å². The molecule has 0 aliphatic rings. The van der Waals surface area contributed by atoms with Gasteiger partial charge in [-0.05, 0) is 63.4 Å². The molecule has 0 aliphatic carbocycles. The first kappa shape index (κ1) is 19.8. The lowest BCUT2D eigenvalue weighted by molar-refractivity contribution is 0.896. The largest absolute Gasteiger partial charge is 0.342 e. The average molecular weight is 372 g/mol. The van der Waals surface area contributed by atoms with Gasteiger partial charge in [-0.3, -0.25) is 9.98 Å². The molecule has 28 heavy (non-hydrogen) atoms. The van der Waals surface area contributed by atoms with E-state index in [9.17, 15) is 0 Å². The molecule has 1 aromatic heterocycles. The fourth-order valence-corrected chi connectivity index (χ4v) is 3.69. The number of aliphatic imine (C=N–C) groups is 2. The van der Waals surface area contributed by atoms with Crippen LogP contribution >= 0.6 is 0 Å². The molecule has 0 atom stereocenters. The third kappa shape index (κ3) is 4.30. The van der Waals surface area contributed by atoms with Gasteiger partial charge in [-0.15, -0.1) is 0 Å². The predicted molar refractivity (Wildman–Crippen MR) is 120 cm³/mol. The number of hydrogen-bond donors (Lipinski definition) is 0. The van der Waals surface area contributed by atoms with Gasteiger partial charge in [-0.1, -0.05) is 48.0 Å². The van der Waals surface area contributed by atoms with Crippen LogP contribution in [0.25, 0.3) is 0 Å². The molecular weight excluding hydrogens is 342 g/mol. The summed E-state index contributed by atoms with van der Waals surface area (Å²) in [5.41, 5.74) is 10.3. The Hall–Kier alpha value is -2.94. The molecule has 0 saturated heterocycles. The van der Waals surface area contributed by atoms with Gasteiger partial charge in [-0.25, -0.2) is 0 Å². The van der Waals surface area contributed by atoms with Crippen LogP contribution in [0.5, 0.6) is 0 Å². The van der Waals surface area contributed by atoms with E-state index < -0.39 is 0 Å². The number of hydrogen-bond acceptors (Lipinski definition) is 2. The minimum Gasteiger partial charge on any atom is -0.342 e. The molecular formula is C25H29N3. The van der Waals surface area contributed by atoms with Gasteiger partial charge in [0.1, 0.15) is 0 Å². The molecule has 0 N–H and O–H groups in total. The van der Waals surface area contributed by atoms with Gasteiger partial charge in [-0.2, -0.15) is 0 Å². The summed E-state index contributed by atoms with van der Waals surface area (Å²) in [6, 6.07) is 19.0. The number of aryl methyl sites for hydroxylation is 3. The van der Waals surface area contributed by atoms with Crippen molar-refractivity contribution in [2.24, 2.45) is 17.0 Å². The van der Waals surface area contributed by atoms with E-state index in [0.29, 0.717) is 6.54 Å². The quantitative estimate of drug-likeness (QED) is 0.485. The van der Waals surface area contributed by atoms with Gasteiger partial charge in [0.05, 0.1) is 35.0 Å². The molecule has 144 valence electrons. The van der Waals surface area contributed by atoms with Gasteiger partial charge < -0.3 is 4.57 Å². The Kier molecular flexibility index (Phi) is 5.93. The normalized spacial score (nSPS) is 12.5. The van der Waals surface area contributed by atoms with Crippen molar-refractivity contribution in [3.63, 3.8) is 0 Å². The van der Waals surface area contributed by atoms with Gasteiger partial charge in [0.15, 0.2) is 0 Å². The summed E-state index contributed by atoms with van der Waals surface area (Å²) in [6.07, 6.45) is 0. The summed E-state index contributed by atoms with van der Waals surface area (Å²) in [7, 11) is 2.08. The first-order valence-electron chi connectivity index (χ1n) is 9.71. The van der Waals surface area contributed by atoms with Gasteiger partial charge in [0.25, 0.3) is 0 Å². The molecule has 2 aromatic carbocycles. The highest BCUT2D eigenvalue weighted by atomic mass is 15.0. The van der Waals surface area contributed by atoms with Crippen molar-refractivity contribution in [2.75, 3.05) is 0 Å². The lowest BCUT2D eigenvalue weighted by Crippen LogP contribution is -2.09. The van der Waals surface area contributed by atoms with Crippen LogP contribution in [0.3, 0.4) is 0 Å². The zero-order chi connectivity index (χ0) is 20.3. The second kappa shape index (κ2) is 8.39. The number of rotatable bonds is 5. The van der Waals surface area contributed by atoms with E-state index in [1.807, 2.05) is 6.07 Å². The molecule has 0 fully saturated rings. The Bertz CT molecular complexity index is 1010. The van der Waals surface area contributed by atoms with Gasteiger partial charge in [0, 0.05) is 7.05 Å². The lowest BCUT2D eigenvalue weighted by atomic mass is 10.1. The smallest absolute Gasteiger partial charge is 0.0692 e. The van der Waals surface area contributed by atoms with Crippen LogP contribution in [-0.4, -0.2) is 16.0 Å². The standard InChI is InChI=1S/C25H29N3/c1-17-14-18(2)25(19(3)15-17)27-21(5)24-13-12-23(28(24)6)20(4)26-16-22-10-8-7-9-11-22/h7-15H,16H2,1-6H3. The summed E-state index contributed by atoms with van der Waals surface area (Å²) < 4.78 is 2.18. The molecule has 3 nitrogen and oxygen atoms in total. The lowest BCUT2D eigenvalue weighted by Gasteiger charge is -2.11. The number of benzene rings is 2. The van der Waals surface area contributed by atoms with E-state index in [4.69, 9.17) is 9.98 Å². The Morgan fingerprint density at radius 1 is 0.821 bits per heavy atom. The average Bonchev–Trinajstić information content (AvgIpc) is 3.05. The summed E-state index contributed by atoms with van der Waals surface area (Å²) in [4.78, 5) is 9.73. The van der Waals surface area contributed by atoms with Crippen molar-refractivity contribution in [1.82, 2.24) is 4.57 Å². The van der Waals surface area contributed by atoms with Gasteiger partial charge >= 0.3 is 0 Å². The molecule has 1 heterocycles. The molecule has 3 aromatic rings. The molecule has 0 bridgehead atoms. The van der Waals surface area contributed by atoms with Crippen molar-refractivity contribution >= 4 is 17.1 Å².